The van der Waals surface area contributed by atoms with E-state index in [4.69, 9.17) is 4.74 Å². The second-order valence-corrected chi connectivity index (χ2v) is 7.21. The van der Waals surface area contributed by atoms with Crippen LogP contribution in [0, 0.1) is 11.8 Å². The quantitative estimate of drug-likeness (QED) is 0.494. The van der Waals surface area contributed by atoms with Crippen LogP contribution in [0.4, 0.5) is 0 Å². The fourth-order valence-electron chi connectivity index (χ4n) is 2.82. The minimum Gasteiger partial charge on any atom is -0.504 e. The number of hydrogen-bond donors (Lipinski definition) is 1. The Hall–Kier alpha value is -1.77. The number of phenols is 1. The third kappa shape index (κ3) is 8.76. The number of aromatic hydroxyl groups is 1. The van der Waals surface area contributed by atoms with Crippen molar-refractivity contribution in [3.05, 3.63) is 35.9 Å². The molecule has 0 bridgehead atoms. The lowest BCUT2D eigenvalue weighted by molar-refractivity contribution is -0.114. The van der Waals surface area contributed by atoms with Gasteiger partial charge in [0.2, 0.25) is 0 Å². The van der Waals surface area contributed by atoms with Crippen LogP contribution in [0.15, 0.2) is 30.4 Å². The zero-order valence-corrected chi connectivity index (χ0v) is 16.3. The van der Waals surface area contributed by atoms with Gasteiger partial charge in [0.1, 0.15) is 0 Å². The van der Waals surface area contributed by atoms with Crippen molar-refractivity contribution in [2.24, 2.45) is 11.8 Å². The summed E-state index contributed by atoms with van der Waals surface area (Å²) in [5, 5.41) is 9.61. The normalized spacial score (nSPS) is 12.7. The number of allylic oxidation sites excluding steroid dienone is 2. The second-order valence-electron chi connectivity index (χ2n) is 7.21. The third-order valence-electron chi connectivity index (χ3n) is 4.50. The van der Waals surface area contributed by atoms with E-state index in [1.165, 1.54) is 32.8 Å². The molecular weight excluding hydrogens is 312 g/mol. The van der Waals surface area contributed by atoms with Crippen LogP contribution in [0.1, 0.15) is 64.9 Å². The molecule has 3 heteroatoms. The van der Waals surface area contributed by atoms with Crippen LogP contribution in [0.3, 0.4) is 0 Å². The fourth-order valence-corrected chi connectivity index (χ4v) is 2.82. The van der Waals surface area contributed by atoms with Crippen molar-refractivity contribution in [3.63, 3.8) is 0 Å². The molecule has 0 heterocycles. The van der Waals surface area contributed by atoms with Crippen molar-refractivity contribution in [3.8, 4) is 11.5 Å². The van der Waals surface area contributed by atoms with Crippen molar-refractivity contribution in [1.29, 1.82) is 0 Å². The Morgan fingerprint density at radius 3 is 2.64 bits per heavy atom. The first-order valence-electron chi connectivity index (χ1n) is 9.53. The molecule has 1 unspecified atom stereocenters. The maximum absolute atomic E-state index is 12.2. The topological polar surface area (TPSA) is 46.5 Å². The molecule has 140 valence electrons. The molecule has 1 aromatic carbocycles. The molecule has 1 rings (SSSR count). The first-order chi connectivity index (χ1) is 12.0. The Labute approximate surface area is 153 Å². The highest BCUT2D eigenvalue weighted by molar-refractivity contribution is 5.89. The van der Waals surface area contributed by atoms with E-state index in [0.717, 1.165) is 12.0 Å². The van der Waals surface area contributed by atoms with Gasteiger partial charge in [-0.3, -0.25) is 4.79 Å². The number of ether oxygens (including phenoxy) is 1. The highest BCUT2D eigenvalue weighted by Gasteiger charge is 2.08. The molecule has 0 fully saturated rings. The molecule has 0 radical (unpaired) electrons. The highest BCUT2D eigenvalue weighted by Crippen LogP contribution is 2.26. The Morgan fingerprint density at radius 2 is 2.00 bits per heavy atom. The number of phenolic OH excluding ortho intramolecular Hbond substituents is 1. The maximum Gasteiger partial charge on any atom is 0.160 e. The summed E-state index contributed by atoms with van der Waals surface area (Å²) >= 11 is 0. The van der Waals surface area contributed by atoms with E-state index in [9.17, 15) is 9.90 Å². The van der Waals surface area contributed by atoms with Gasteiger partial charge >= 0.3 is 0 Å². The molecule has 1 atom stereocenters. The van der Waals surface area contributed by atoms with Gasteiger partial charge in [-0.05, 0) is 54.9 Å². The van der Waals surface area contributed by atoms with Crippen molar-refractivity contribution in [2.45, 2.75) is 65.7 Å². The largest absolute Gasteiger partial charge is 0.504 e. The predicted molar refractivity (Wildman–Crippen MR) is 104 cm³/mol. The van der Waals surface area contributed by atoms with E-state index in [1.54, 1.807) is 18.2 Å². The molecule has 0 spiro atoms. The van der Waals surface area contributed by atoms with Crippen LogP contribution in [0.2, 0.25) is 0 Å². The van der Waals surface area contributed by atoms with Crippen LogP contribution in [-0.2, 0) is 11.2 Å². The number of carbonyl (C=O) groups is 1. The molecule has 1 aromatic rings. The number of unbranched alkanes of at least 4 members (excludes halogenated alkanes) is 1. The van der Waals surface area contributed by atoms with Crippen LogP contribution in [0.5, 0.6) is 11.5 Å². The standard InChI is InChI=1S/C22H34O3/c1-5-6-7-18(9-8-17(2)3)10-13-20(23)14-11-19-12-15-21(24)22(16-19)25-4/h10,12-13,15-18,24H,5-9,11,14H2,1-4H3. The molecule has 1 N–H and O–H groups in total. The Bertz CT molecular complexity index is 546. The highest BCUT2D eigenvalue weighted by atomic mass is 16.5. The first kappa shape index (κ1) is 21.3. The summed E-state index contributed by atoms with van der Waals surface area (Å²) in [4.78, 5) is 12.2. The molecule has 25 heavy (non-hydrogen) atoms. The second kappa shape index (κ2) is 11.7. The Balaban J connectivity index is 2.52. The summed E-state index contributed by atoms with van der Waals surface area (Å²) < 4.78 is 5.11. The minimum absolute atomic E-state index is 0.126. The molecule has 0 aliphatic heterocycles. The maximum atomic E-state index is 12.2. The molecule has 0 saturated heterocycles. The van der Waals surface area contributed by atoms with Gasteiger partial charge < -0.3 is 9.84 Å². The molecular formula is C22H34O3. The summed E-state index contributed by atoms with van der Waals surface area (Å²) in [6.45, 7) is 6.70. The number of aryl methyl sites for hydroxylation is 1. The summed E-state index contributed by atoms with van der Waals surface area (Å²) in [7, 11) is 1.53. The molecule has 0 aromatic heterocycles. The van der Waals surface area contributed by atoms with Crippen molar-refractivity contribution in [2.75, 3.05) is 7.11 Å². The van der Waals surface area contributed by atoms with E-state index in [1.807, 2.05) is 6.07 Å². The number of hydrogen-bond acceptors (Lipinski definition) is 3. The molecule has 0 aliphatic carbocycles. The Morgan fingerprint density at radius 1 is 1.24 bits per heavy atom. The fraction of sp³-hybridized carbons (Fsp3) is 0.591. The summed E-state index contributed by atoms with van der Waals surface area (Å²) in [6.07, 6.45) is 11.0. The van der Waals surface area contributed by atoms with Crippen LogP contribution >= 0.6 is 0 Å². The van der Waals surface area contributed by atoms with Gasteiger partial charge in [0.15, 0.2) is 17.3 Å². The number of benzene rings is 1. The summed E-state index contributed by atoms with van der Waals surface area (Å²) in [6, 6.07) is 5.24. The van der Waals surface area contributed by atoms with E-state index >= 15 is 0 Å². The lowest BCUT2D eigenvalue weighted by Crippen LogP contribution is -2.02. The van der Waals surface area contributed by atoms with E-state index in [0.29, 0.717) is 30.4 Å². The third-order valence-corrected chi connectivity index (χ3v) is 4.50. The molecule has 3 nitrogen and oxygen atoms in total. The van der Waals surface area contributed by atoms with Gasteiger partial charge in [0.25, 0.3) is 0 Å². The van der Waals surface area contributed by atoms with Gasteiger partial charge in [-0.25, -0.2) is 0 Å². The van der Waals surface area contributed by atoms with Crippen molar-refractivity contribution < 1.29 is 14.6 Å². The minimum atomic E-state index is 0.126. The average molecular weight is 347 g/mol. The van der Waals surface area contributed by atoms with Gasteiger partial charge in [-0.15, -0.1) is 0 Å². The number of rotatable bonds is 12. The van der Waals surface area contributed by atoms with Crippen LogP contribution in [-0.4, -0.2) is 18.0 Å². The van der Waals surface area contributed by atoms with Gasteiger partial charge in [0.05, 0.1) is 7.11 Å². The Kier molecular flexibility index (Phi) is 9.98. The van der Waals surface area contributed by atoms with Crippen LogP contribution < -0.4 is 4.74 Å². The molecule has 0 amide bonds. The first-order valence-corrected chi connectivity index (χ1v) is 9.53. The summed E-state index contributed by atoms with van der Waals surface area (Å²) in [5.41, 5.74) is 0.999. The number of ketones is 1. The number of methoxy groups -OCH3 is 1. The lowest BCUT2D eigenvalue weighted by Gasteiger charge is -2.13. The number of carbonyl (C=O) groups excluding carboxylic acids is 1. The summed E-state index contributed by atoms with van der Waals surface area (Å²) in [5.74, 6) is 1.96. The van der Waals surface area contributed by atoms with Gasteiger partial charge in [0, 0.05) is 6.42 Å². The zero-order valence-electron chi connectivity index (χ0n) is 16.3. The SMILES string of the molecule is CCCCC(C=CC(=O)CCc1ccc(O)c(OC)c1)CCC(C)C. The van der Waals surface area contributed by atoms with E-state index in [2.05, 4.69) is 26.8 Å². The van der Waals surface area contributed by atoms with Crippen molar-refractivity contribution >= 4 is 5.78 Å². The van der Waals surface area contributed by atoms with Crippen molar-refractivity contribution in [1.82, 2.24) is 0 Å². The molecule has 0 saturated carbocycles. The average Bonchev–Trinajstić information content (AvgIpc) is 2.60. The molecule has 0 aliphatic rings. The van der Waals surface area contributed by atoms with E-state index < -0.39 is 0 Å². The van der Waals surface area contributed by atoms with Crippen LogP contribution in [0.25, 0.3) is 0 Å². The lowest BCUT2D eigenvalue weighted by atomic mass is 9.92. The van der Waals surface area contributed by atoms with Gasteiger partial charge in [-0.1, -0.05) is 52.2 Å². The predicted octanol–water partition coefficient (Wildman–Crippen LogP) is 5.70. The smallest absolute Gasteiger partial charge is 0.160 e. The zero-order chi connectivity index (χ0) is 18.7. The van der Waals surface area contributed by atoms with Gasteiger partial charge in [-0.2, -0.15) is 0 Å². The van der Waals surface area contributed by atoms with E-state index in [-0.39, 0.29) is 11.5 Å². The monoisotopic (exact) mass is 346 g/mol.